The first kappa shape index (κ1) is 24.4. The summed E-state index contributed by atoms with van der Waals surface area (Å²) in [4.78, 5) is 40.9. The molecule has 35 heavy (non-hydrogen) atoms. The van der Waals surface area contributed by atoms with Crippen LogP contribution in [0.5, 0.6) is 0 Å². The molecule has 1 heterocycles. The van der Waals surface area contributed by atoms with Crippen LogP contribution in [-0.4, -0.2) is 40.7 Å². The van der Waals surface area contributed by atoms with E-state index < -0.39 is 24.0 Å². The Morgan fingerprint density at radius 1 is 1.09 bits per heavy atom. The zero-order chi connectivity index (χ0) is 24.9. The fourth-order valence-electron chi connectivity index (χ4n) is 4.42. The SMILES string of the molecule is CCC[C@H](CC(=O)O)NC(=O)c1sc(NC(=O)OCC2c3ccccc3-c3ccccc32)nc1C. The molecule has 1 aliphatic carbocycles. The van der Waals surface area contributed by atoms with Gasteiger partial charge >= 0.3 is 12.1 Å². The monoisotopic (exact) mass is 493 g/mol. The van der Waals surface area contributed by atoms with Gasteiger partial charge in [-0.25, -0.2) is 9.78 Å². The van der Waals surface area contributed by atoms with E-state index in [0.29, 0.717) is 17.0 Å². The van der Waals surface area contributed by atoms with Gasteiger partial charge in [-0.2, -0.15) is 0 Å². The number of hydrogen-bond donors (Lipinski definition) is 3. The number of carboxylic acids is 1. The maximum Gasteiger partial charge on any atom is 0.413 e. The molecule has 0 saturated carbocycles. The van der Waals surface area contributed by atoms with Crippen molar-refractivity contribution in [2.75, 3.05) is 11.9 Å². The van der Waals surface area contributed by atoms with Crippen LogP contribution in [0.3, 0.4) is 0 Å². The van der Waals surface area contributed by atoms with Gasteiger partial charge in [0.1, 0.15) is 11.5 Å². The number of hydrogen-bond acceptors (Lipinski definition) is 6. The number of benzene rings is 2. The fourth-order valence-corrected chi connectivity index (χ4v) is 5.27. The number of aromatic nitrogens is 1. The minimum Gasteiger partial charge on any atom is -0.481 e. The molecule has 0 radical (unpaired) electrons. The lowest BCUT2D eigenvalue weighted by molar-refractivity contribution is -0.137. The third-order valence-electron chi connectivity index (χ3n) is 5.95. The second-order valence-corrected chi connectivity index (χ2v) is 9.44. The third-order valence-corrected chi connectivity index (χ3v) is 7.02. The summed E-state index contributed by atoms with van der Waals surface area (Å²) in [7, 11) is 0. The van der Waals surface area contributed by atoms with E-state index in [-0.39, 0.29) is 24.1 Å². The van der Waals surface area contributed by atoms with Crippen molar-refractivity contribution in [2.45, 2.75) is 45.1 Å². The van der Waals surface area contributed by atoms with Crippen molar-refractivity contribution in [1.82, 2.24) is 10.3 Å². The van der Waals surface area contributed by atoms with E-state index in [9.17, 15) is 14.4 Å². The molecule has 0 bridgehead atoms. The van der Waals surface area contributed by atoms with Crippen LogP contribution in [0.2, 0.25) is 0 Å². The number of carbonyl (C=O) groups is 3. The summed E-state index contributed by atoms with van der Waals surface area (Å²) in [6, 6.07) is 15.7. The summed E-state index contributed by atoms with van der Waals surface area (Å²) in [6.07, 6.45) is 0.500. The van der Waals surface area contributed by atoms with E-state index in [2.05, 4.69) is 27.8 Å². The van der Waals surface area contributed by atoms with Gasteiger partial charge in [-0.05, 0) is 35.6 Å². The van der Waals surface area contributed by atoms with Crippen LogP contribution < -0.4 is 10.6 Å². The zero-order valence-electron chi connectivity index (χ0n) is 19.5. The van der Waals surface area contributed by atoms with Crippen molar-refractivity contribution in [3.8, 4) is 11.1 Å². The number of carbonyl (C=O) groups excluding carboxylic acids is 2. The van der Waals surface area contributed by atoms with Crippen LogP contribution in [-0.2, 0) is 9.53 Å². The highest BCUT2D eigenvalue weighted by Crippen LogP contribution is 2.44. The van der Waals surface area contributed by atoms with Crippen molar-refractivity contribution in [3.63, 3.8) is 0 Å². The van der Waals surface area contributed by atoms with Crippen molar-refractivity contribution in [3.05, 3.63) is 70.2 Å². The molecule has 4 rings (SSSR count). The first-order valence-corrected chi connectivity index (χ1v) is 12.3. The van der Waals surface area contributed by atoms with Crippen LogP contribution in [0, 0.1) is 6.92 Å². The Morgan fingerprint density at radius 3 is 2.31 bits per heavy atom. The zero-order valence-corrected chi connectivity index (χ0v) is 20.4. The number of rotatable bonds is 9. The fraction of sp³-hybridized carbons (Fsp3) is 0.308. The van der Waals surface area contributed by atoms with Crippen LogP contribution in [0.25, 0.3) is 11.1 Å². The molecule has 3 N–H and O–H groups in total. The first-order valence-electron chi connectivity index (χ1n) is 11.5. The minimum absolute atomic E-state index is 0.0581. The van der Waals surface area contributed by atoms with Gasteiger partial charge in [-0.1, -0.05) is 73.2 Å². The Bertz CT molecular complexity index is 1210. The molecule has 8 nitrogen and oxygen atoms in total. The molecule has 0 unspecified atom stereocenters. The van der Waals surface area contributed by atoms with E-state index in [1.165, 1.54) is 0 Å². The lowest BCUT2D eigenvalue weighted by atomic mass is 9.98. The van der Waals surface area contributed by atoms with Gasteiger partial charge in [0.05, 0.1) is 12.1 Å². The minimum atomic E-state index is -0.970. The van der Waals surface area contributed by atoms with Crippen molar-refractivity contribution in [1.29, 1.82) is 0 Å². The summed E-state index contributed by atoms with van der Waals surface area (Å²) >= 11 is 1.03. The Labute approximate surface area is 207 Å². The number of carboxylic acid groups (broad SMARTS) is 1. The lowest BCUT2D eigenvalue weighted by Crippen LogP contribution is -2.36. The van der Waals surface area contributed by atoms with E-state index in [4.69, 9.17) is 9.84 Å². The highest BCUT2D eigenvalue weighted by atomic mass is 32.1. The van der Waals surface area contributed by atoms with Gasteiger partial charge < -0.3 is 15.2 Å². The average Bonchev–Trinajstić information content (AvgIpc) is 3.35. The first-order chi connectivity index (χ1) is 16.9. The molecule has 2 aromatic carbocycles. The third kappa shape index (κ3) is 5.51. The van der Waals surface area contributed by atoms with E-state index in [1.807, 2.05) is 43.3 Å². The summed E-state index contributed by atoms with van der Waals surface area (Å²) in [5.74, 6) is -1.43. The summed E-state index contributed by atoms with van der Waals surface area (Å²) in [6.45, 7) is 3.77. The number of fused-ring (bicyclic) bond motifs is 3. The molecule has 9 heteroatoms. The number of amides is 2. The Morgan fingerprint density at radius 2 is 1.71 bits per heavy atom. The van der Waals surface area contributed by atoms with Gasteiger partial charge in [-0.3, -0.25) is 14.9 Å². The topological polar surface area (TPSA) is 118 Å². The van der Waals surface area contributed by atoms with Gasteiger partial charge in [0.2, 0.25) is 0 Å². The number of anilines is 1. The lowest BCUT2D eigenvalue weighted by Gasteiger charge is -2.15. The van der Waals surface area contributed by atoms with E-state index in [1.54, 1.807) is 6.92 Å². The van der Waals surface area contributed by atoms with E-state index in [0.717, 1.165) is 40.0 Å². The molecule has 2 amide bonds. The highest BCUT2D eigenvalue weighted by molar-refractivity contribution is 7.17. The van der Waals surface area contributed by atoms with Crippen LogP contribution in [0.15, 0.2) is 48.5 Å². The summed E-state index contributed by atoms with van der Waals surface area (Å²) in [5, 5.41) is 14.7. The van der Waals surface area contributed by atoms with Crippen LogP contribution in [0.1, 0.15) is 58.6 Å². The number of nitrogens with zero attached hydrogens (tertiary/aromatic N) is 1. The van der Waals surface area contributed by atoms with Crippen molar-refractivity contribution >= 4 is 34.4 Å². The number of nitrogens with one attached hydrogen (secondary N) is 2. The summed E-state index contributed by atoms with van der Waals surface area (Å²) < 4.78 is 5.54. The van der Waals surface area contributed by atoms with Crippen LogP contribution in [0.4, 0.5) is 9.93 Å². The van der Waals surface area contributed by atoms with E-state index >= 15 is 0 Å². The maximum atomic E-state index is 12.7. The predicted octanol–water partition coefficient (Wildman–Crippen LogP) is 5.19. The number of ether oxygens (including phenoxy) is 1. The Hall–Kier alpha value is -3.72. The highest BCUT2D eigenvalue weighted by Gasteiger charge is 2.29. The largest absolute Gasteiger partial charge is 0.481 e. The maximum absolute atomic E-state index is 12.7. The molecule has 3 aromatic rings. The predicted molar refractivity (Wildman–Crippen MR) is 134 cm³/mol. The molecule has 1 atom stereocenters. The number of thiazole rings is 1. The molecule has 1 aliphatic rings. The molecular weight excluding hydrogens is 466 g/mol. The summed E-state index contributed by atoms with van der Waals surface area (Å²) in [5.41, 5.74) is 4.98. The standard InChI is InChI=1S/C26H27N3O5S/c1-3-8-16(13-22(30)31)28-24(32)23-15(2)27-25(35-23)29-26(33)34-14-21-19-11-6-4-9-17(19)18-10-5-7-12-20(18)21/h4-7,9-12,16,21H,3,8,13-14H2,1-2H3,(H,28,32)(H,30,31)(H,27,29,33)/t16-/m1/s1. The Kier molecular flexibility index (Phi) is 7.45. The molecule has 0 saturated heterocycles. The van der Waals surface area contributed by atoms with Crippen molar-refractivity contribution < 1.29 is 24.2 Å². The smallest absolute Gasteiger partial charge is 0.413 e. The van der Waals surface area contributed by atoms with Gasteiger partial charge in [0, 0.05) is 12.0 Å². The second-order valence-electron chi connectivity index (χ2n) is 8.44. The van der Waals surface area contributed by atoms with Gasteiger partial charge in [0.25, 0.3) is 5.91 Å². The average molecular weight is 494 g/mol. The molecule has 0 spiro atoms. The molecular formula is C26H27N3O5S. The normalized spacial score (nSPS) is 13.0. The number of aryl methyl sites for hydroxylation is 1. The Balaban J connectivity index is 1.39. The molecule has 0 fully saturated rings. The van der Waals surface area contributed by atoms with Crippen LogP contribution >= 0.6 is 11.3 Å². The van der Waals surface area contributed by atoms with Gasteiger partial charge in [0.15, 0.2) is 5.13 Å². The molecule has 1 aromatic heterocycles. The quantitative estimate of drug-likeness (QED) is 0.378. The molecule has 182 valence electrons. The molecule has 0 aliphatic heterocycles. The number of aliphatic carboxylic acids is 1. The van der Waals surface area contributed by atoms with Crippen molar-refractivity contribution in [2.24, 2.45) is 0 Å². The van der Waals surface area contributed by atoms with Gasteiger partial charge in [-0.15, -0.1) is 0 Å². The second kappa shape index (κ2) is 10.7.